The van der Waals surface area contributed by atoms with E-state index in [4.69, 9.17) is 4.74 Å². The number of anilines is 1. The van der Waals surface area contributed by atoms with E-state index in [1.165, 1.54) is 4.90 Å². The summed E-state index contributed by atoms with van der Waals surface area (Å²) < 4.78 is 5.75. The number of rotatable bonds is 4. The monoisotopic (exact) mass is 390 g/mol. The molecule has 1 atom stereocenters. The largest absolute Gasteiger partial charge is 0.458 e. The molecule has 6 heteroatoms. The first kappa shape index (κ1) is 17.9. The number of hydrogen-bond donors (Lipinski definition) is 0. The Bertz CT molecular complexity index is 1030. The summed E-state index contributed by atoms with van der Waals surface area (Å²) >= 11 is 0. The lowest BCUT2D eigenvalue weighted by molar-refractivity contribution is -0.159. The number of nitrogens with zero attached hydrogens (tertiary/aromatic N) is 2. The van der Waals surface area contributed by atoms with E-state index >= 15 is 0 Å². The lowest BCUT2D eigenvalue weighted by Gasteiger charge is -2.48. The number of benzene rings is 2. The summed E-state index contributed by atoms with van der Waals surface area (Å²) in [4.78, 5) is 42.9. The third kappa shape index (κ3) is 2.58. The first-order valence-electron chi connectivity index (χ1n) is 10.0. The molecule has 1 saturated heterocycles. The van der Waals surface area contributed by atoms with Crippen LogP contribution in [0, 0.1) is 6.92 Å². The molecule has 2 heterocycles. The highest BCUT2D eigenvalue weighted by Crippen LogP contribution is 2.49. The smallest absolute Gasteiger partial charge is 0.354 e. The van der Waals surface area contributed by atoms with Gasteiger partial charge in [0.05, 0.1) is 11.3 Å². The Hall–Kier alpha value is -3.15. The number of hydrogen-bond acceptors (Lipinski definition) is 4. The zero-order valence-corrected chi connectivity index (χ0v) is 16.3. The highest BCUT2D eigenvalue weighted by Gasteiger charge is 2.64. The van der Waals surface area contributed by atoms with Crippen LogP contribution in [0.5, 0.6) is 0 Å². The molecular weight excluding hydrogens is 368 g/mol. The van der Waals surface area contributed by atoms with Crippen LogP contribution >= 0.6 is 0 Å². The molecule has 2 amide bonds. The lowest BCUT2D eigenvalue weighted by atomic mass is 9.96. The predicted octanol–water partition coefficient (Wildman–Crippen LogP) is 3.18. The fourth-order valence-corrected chi connectivity index (χ4v) is 4.54. The molecule has 2 fully saturated rings. The molecule has 2 aromatic rings. The first-order chi connectivity index (χ1) is 14.0. The second kappa shape index (κ2) is 6.44. The predicted molar refractivity (Wildman–Crippen MR) is 106 cm³/mol. The van der Waals surface area contributed by atoms with Gasteiger partial charge in [0.25, 0.3) is 5.91 Å². The third-order valence-electron chi connectivity index (χ3n) is 6.16. The van der Waals surface area contributed by atoms with Crippen LogP contribution in [0.1, 0.15) is 47.2 Å². The molecular formula is C23H22N2O4. The van der Waals surface area contributed by atoms with Crippen molar-refractivity contribution in [3.63, 3.8) is 0 Å². The maximum absolute atomic E-state index is 13.5. The number of ether oxygens (including phenoxy) is 1. The average Bonchev–Trinajstić information content (AvgIpc) is 3.50. The Kier molecular flexibility index (Phi) is 3.98. The molecule has 0 radical (unpaired) electrons. The van der Waals surface area contributed by atoms with Crippen molar-refractivity contribution in [2.24, 2.45) is 0 Å². The van der Waals surface area contributed by atoms with Crippen molar-refractivity contribution in [3.8, 4) is 0 Å². The van der Waals surface area contributed by atoms with Crippen LogP contribution in [0.2, 0.25) is 0 Å². The molecule has 148 valence electrons. The van der Waals surface area contributed by atoms with Gasteiger partial charge in [0.2, 0.25) is 11.6 Å². The number of carbonyl (C=O) groups excluding carboxylic acids is 3. The van der Waals surface area contributed by atoms with Gasteiger partial charge in [-0.15, -0.1) is 0 Å². The molecule has 5 rings (SSSR count). The average molecular weight is 390 g/mol. The van der Waals surface area contributed by atoms with Crippen LogP contribution < -0.4 is 4.90 Å². The Morgan fingerprint density at radius 1 is 1.10 bits per heavy atom. The van der Waals surface area contributed by atoms with E-state index in [0.29, 0.717) is 11.3 Å². The van der Waals surface area contributed by atoms with Gasteiger partial charge in [0, 0.05) is 18.9 Å². The molecule has 6 nitrogen and oxygen atoms in total. The topological polar surface area (TPSA) is 66.9 Å². The van der Waals surface area contributed by atoms with Crippen LogP contribution in [0.25, 0.3) is 0 Å². The van der Waals surface area contributed by atoms with Crippen molar-refractivity contribution in [2.75, 3.05) is 4.90 Å². The van der Waals surface area contributed by atoms with Crippen molar-refractivity contribution in [3.05, 3.63) is 65.2 Å². The van der Waals surface area contributed by atoms with Gasteiger partial charge in [-0.2, -0.15) is 0 Å². The molecule has 3 aliphatic rings. The van der Waals surface area contributed by atoms with Gasteiger partial charge in [-0.25, -0.2) is 4.79 Å². The summed E-state index contributed by atoms with van der Waals surface area (Å²) in [7, 11) is 0. The van der Waals surface area contributed by atoms with Gasteiger partial charge >= 0.3 is 5.97 Å². The van der Waals surface area contributed by atoms with E-state index in [-0.39, 0.29) is 37.3 Å². The molecule has 0 spiro atoms. The van der Waals surface area contributed by atoms with Gasteiger partial charge in [-0.1, -0.05) is 36.4 Å². The van der Waals surface area contributed by atoms with E-state index in [1.54, 1.807) is 29.2 Å². The van der Waals surface area contributed by atoms with Crippen molar-refractivity contribution >= 4 is 23.5 Å². The van der Waals surface area contributed by atoms with Gasteiger partial charge < -0.3 is 9.64 Å². The Morgan fingerprint density at radius 2 is 1.83 bits per heavy atom. The summed E-state index contributed by atoms with van der Waals surface area (Å²) in [6.07, 6.45) is 2.14. The van der Waals surface area contributed by atoms with E-state index in [0.717, 1.165) is 24.0 Å². The lowest BCUT2D eigenvalue weighted by Crippen LogP contribution is -2.69. The normalized spacial score (nSPS) is 23.1. The van der Waals surface area contributed by atoms with Crippen LogP contribution in [0.4, 0.5) is 5.69 Å². The van der Waals surface area contributed by atoms with Gasteiger partial charge in [0.15, 0.2) is 0 Å². The molecule has 0 bridgehead atoms. The molecule has 29 heavy (non-hydrogen) atoms. The standard InChI is InChI=1S/C23H22N2O4/c1-15-6-2-3-7-16(15)14-29-22(28)23-13-12-20(26)25(23)19-9-5-4-8-18(19)21(27)24(23)17-10-11-17/h2-9,17H,10-14H2,1H3/t23-/m0/s1. The zero-order chi connectivity index (χ0) is 20.2. The summed E-state index contributed by atoms with van der Waals surface area (Å²) in [5.74, 6) is -0.869. The Balaban J connectivity index is 1.56. The number of carbonyl (C=O) groups is 3. The number of amides is 2. The minimum atomic E-state index is -1.38. The van der Waals surface area contributed by atoms with E-state index in [1.807, 2.05) is 31.2 Å². The summed E-state index contributed by atoms with van der Waals surface area (Å²) in [6, 6.07) is 14.7. The Labute approximate surface area is 169 Å². The minimum absolute atomic E-state index is 0.0322. The molecule has 1 saturated carbocycles. The van der Waals surface area contributed by atoms with Crippen LogP contribution in [-0.4, -0.2) is 34.4 Å². The maximum Gasteiger partial charge on any atom is 0.354 e. The molecule has 2 aromatic carbocycles. The van der Waals surface area contributed by atoms with E-state index < -0.39 is 11.6 Å². The van der Waals surface area contributed by atoms with Crippen LogP contribution in [0.15, 0.2) is 48.5 Å². The molecule has 2 aliphatic heterocycles. The van der Waals surface area contributed by atoms with Crippen molar-refractivity contribution < 1.29 is 19.1 Å². The second-order valence-electron chi connectivity index (χ2n) is 7.97. The highest BCUT2D eigenvalue weighted by atomic mass is 16.5. The summed E-state index contributed by atoms with van der Waals surface area (Å²) in [5.41, 5.74) is 1.53. The van der Waals surface area contributed by atoms with Gasteiger partial charge in [0.1, 0.15) is 6.61 Å². The summed E-state index contributed by atoms with van der Waals surface area (Å²) in [5, 5.41) is 0. The van der Waals surface area contributed by atoms with Crippen LogP contribution in [-0.2, 0) is 20.9 Å². The quantitative estimate of drug-likeness (QED) is 0.752. The summed E-state index contributed by atoms with van der Waals surface area (Å²) in [6.45, 7) is 2.08. The van der Waals surface area contributed by atoms with E-state index in [9.17, 15) is 14.4 Å². The second-order valence-corrected chi connectivity index (χ2v) is 7.97. The highest BCUT2D eigenvalue weighted by molar-refractivity contribution is 6.15. The van der Waals surface area contributed by atoms with Crippen molar-refractivity contribution in [2.45, 2.75) is 50.9 Å². The van der Waals surface area contributed by atoms with Gasteiger partial charge in [-0.05, 0) is 43.0 Å². The van der Waals surface area contributed by atoms with Gasteiger partial charge in [-0.3, -0.25) is 14.5 Å². The maximum atomic E-state index is 13.5. The number of esters is 1. The fourth-order valence-electron chi connectivity index (χ4n) is 4.54. The molecule has 0 unspecified atom stereocenters. The number of aryl methyl sites for hydroxylation is 1. The molecule has 1 aliphatic carbocycles. The molecule has 0 N–H and O–H groups in total. The minimum Gasteiger partial charge on any atom is -0.458 e. The fraction of sp³-hybridized carbons (Fsp3) is 0.348. The Morgan fingerprint density at radius 3 is 2.59 bits per heavy atom. The van der Waals surface area contributed by atoms with Crippen molar-refractivity contribution in [1.82, 2.24) is 4.90 Å². The third-order valence-corrected chi connectivity index (χ3v) is 6.16. The zero-order valence-electron chi connectivity index (χ0n) is 16.3. The van der Waals surface area contributed by atoms with E-state index in [2.05, 4.69) is 0 Å². The van der Waals surface area contributed by atoms with Crippen molar-refractivity contribution in [1.29, 1.82) is 0 Å². The SMILES string of the molecule is Cc1ccccc1COC(=O)[C@]12CCC(=O)N1c1ccccc1C(=O)N2C1CC1. The first-order valence-corrected chi connectivity index (χ1v) is 10.0. The number of para-hydroxylation sites is 1. The molecule has 0 aromatic heterocycles. The van der Waals surface area contributed by atoms with Crippen LogP contribution in [0.3, 0.4) is 0 Å². The number of fused-ring (bicyclic) bond motifs is 3.